The van der Waals surface area contributed by atoms with E-state index in [9.17, 15) is 10.1 Å². The Morgan fingerprint density at radius 3 is 2.56 bits per heavy atom. The zero-order chi connectivity index (χ0) is 24.1. The van der Waals surface area contributed by atoms with Crippen LogP contribution in [0.2, 0.25) is 0 Å². The van der Waals surface area contributed by atoms with Gasteiger partial charge in [-0.2, -0.15) is 10.4 Å². The molecule has 0 aliphatic heterocycles. The van der Waals surface area contributed by atoms with Crippen molar-refractivity contribution in [3.05, 3.63) is 71.3 Å². The molecule has 0 radical (unpaired) electrons. The van der Waals surface area contributed by atoms with Gasteiger partial charge in [0.1, 0.15) is 0 Å². The summed E-state index contributed by atoms with van der Waals surface area (Å²) < 4.78 is 7.36. The third kappa shape index (κ3) is 4.86. The van der Waals surface area contributed by atoms with E-state index < -0.39 is 5.41 Å². The Morgan fingerprint density at radius 2 is 1.94 bits per heavy atom. The van der Waals surface area contributed by atoms with Gasteiger partial charge in [-0.25, -0.2) is 4.68 Å². The van der Waals surface area contributed by atoms with Crippen LogP contribution in [0.3, 0.4) is 0 Å². The largest absolute Gasteiger partial charge is 0.394 e. The molecule has 0 unspecified atom stereocenters. The first-order valence-corrected chi connectivity index (χ1v) is 11.5. The number of amides is 1. The fourth-order valence-corrected chi connectivity index (χ4v) is 4.42. The highest BCUT2D eigenvalue weighted by molar-refractivity contribution is 6.04. The second-order valence-corrected chi connectivity index (χ2v) is 8.76. The van der Waals surface area contributed by atoms with E-state index in [1.165, 1.54) is 0 Å². The predicted molar refractivity (Wildman–Crippen MR) is 128 cm³/mol. The van der Waals surface area contributed by atoms with Gasteiger partial charge in [0.15, 0.2) is 0 Å². The molecule has 8 heteroatoms. The molecule has 34 heavy (non-hydrogen) atoms. The lowest BCUT2D eigenvalue weighted by molar-refractivity contribution is 0.000476. The Labute approximate surface area is 199 Å². The van der Waals surface area contributed by atoms with E-state index in [1.807, 2.05) is 44.2 Å². The average Bonchev–Trinajstić information content (AvgIpc) is 3.25. The number of aliphatic hydroxyl groups is 1. The quantitative estimate of drug-likeness (QED) is 0.555. The van der Waals surface area contributed by atoms with Crippen LogP contribution in [-0.4, -0.2) is 45.1 Å². The minimum absolute atomic E-state index is 0.000889. The lowest BCUT2D eigenvalue weighted by Crippen LogP contribution is -2.34. The van der Waals surface area contributed by atoms with Gasteiger partial charge in [0, 0.05) is 0 Å². The standard InChI is InChI=1S/C26H29N5O3/c1-18-3-6-21(7-4-18)31-19(2)23(16-29-31)25(33)30-20-5-8-24(28-15-20)26(17-27)11-9-22(10-12-26)34-14-13-32/h3-8,15-16,22,32H,9-14H2,1-2H3,(H,30,33)/t22-,26-. The fraction of sp³-hybridized carbons (Fsp3) is 0.385. The van der Waals surface area contributed by atoms with Crippen LogP contribution in [0.25, 0.3) is 5.69 Å². The van der Waals surface area contributed by atoms with E-state index in [0.717, 1.165) is 29.8 Å². The maximum atomic E-state index is 12.9. The molecule has 0 atom stereocenters. The molecule has 2 aromatic heterocycles. The number of anilines is 1. The molecular weight excluding hydrogens is 430 g/mol. The van der Waals surface area contributed by atoms with Crippen LogP contribution >= 0.6 is 0 Å². The minimum Gasteiger partial charge on any atom is -0.394 e. The molecule has 1 aliphatic carbocycles. The van der Waals surface area contributed by atoms with Crippen molar-refractivity contribution in [1.29, 1.82) is 5.26 Å². The number of aliphatic hydroxyl groups excluding tert-OH is 1. The van der Waals surface area contributed by atoms with Gasteiger partial charge in [-0.05, 0) is 63.8 Å². The van der Waals surface area contributed by atoms with Crippen molar-refractivity contribution < 1.29 is 14.6 Å². The van der Waals surface area contributed by atoms with Crippen molar-refractivity contribution in [2.75, 3.05) is 18.5 Å². The smallest absolute Gasteiger partial charge is 0.259 e. The van der Waals surface area contributed by atoms with Gasteiger partial charge in [0.05, 0.1) is 71.5 Å². The van der Waals surface area contributed by atoms with Gasteiger partial charge in [0.2, 0.25) is 0 Å². The Balaban J connectivity index is 1.43. The number of benzene rings is 1. The molecule has 0 saturated heterocycles. The van der Waals surface area contributed by atoms with Crippen molar-refractivity contribution >= 4 is 11.6 Å². The number of nitriles is 1. The number of aromatic nitrogens is 3. The molecule has 2 heterocycles. The first-order chi connectivity index (χ1) is 16.5. The normalized spacial score (nSPS) is 20.0. The van der Waals surface area contributed by atoms with Gasteiger partial charge in [-0.3, -0.25) is 9.78 Å². The monoisotopic (exact) mass is 459 g/mol. The second-order valence-electron chi connectivity index (χ2n) is 8.76. The van der Waals surface area contributed by atoms with Crippen molar-refractivity contribution in [3.63, 3.8) is 0 Å². The number of rotatable bonds is 7. The summed E-state index contributed by atoms with van der Waals surface area (Å²) in [5, 5.41) is 26.1. The summed E-state index contributed by atoms with van der Waals surface area (Å²) >= 11 is 0. The molecule has 1 aliphatic rings. The summed E-state index contributed by atoms with van der Waals surface area (Å²) in [5.74, 6) is -0.262. The number of nitrogens with one attached hydrogen (secondary N) is 1. The third-order valence-corrected chi connectivity index (χ3v) is 6.49. The van der Waals surface area contributed by atoms with Gasteiger partial charge in [0.25, 0.3) is 5.91 Å². The molecule has 8 nitrogen and oxygen atoms in total. The lowest BCUT2D eigenvalue weighted by Gasteiger charge is -2.34. The minimum atomic E-state index is -0.659. The highest BCUT2D eigenvalue weighted by atomic mass is 16.5. The van der Waals surface area contributed by atoms with Gasteiger partial charge in [-0.15, -0.1) is 0 Å². The fourth-order valence-electron chi connectivity index (χ4n) is 4.42. The molecule has 1 fully saturated rings. The summed E-state index contributed by atoms with van der Waals surface area (Å²) in [4.78, 5) is 17.4. The number of hydrogen-bond acceptors (Lipinski definition) is 6. The summed E-state index contributed by atoms with van der Waals surface area (Å²) in [6, 6.07) is 14.0. The Morgan fingerprint density at radius 1 is 1.21 bits per heavy atom. The number of nitrogens with zero attached hydrogens (tertiary/aromatic N) is 4. The number of carbonyl (C=O) groups excluding carboxylic acids is 1. The van der Waals surface area contributed by atoms with Crippen LogP contribution in [0.1, 0.15) is 53.0 Å². The summed E-state index contributed by atoms with van der Waals surface area (Å²) in [6.45, 7) is 4.20. The molecule has 1 amide bonds. The first-order valence-electron chi connectivity index (χ1n) is 11.5. The van der Waals surface area contributed by atoms with Gasteiger partial charge < -0.3 is 15.2 Å². The van der Waals surface area contributed by atoms with Crippen molar-refractivity contribution in [2.24, 2.45) is 0 Å². The van der Waals surface area contributed by atoms with Crippen LogP contribution in [0.15, 0.2) is 48.8 Å². The molecule has 1 saturated carbocycles. The van der Waals surface area contributed by atoms with Crippen LogP contribution in [0.5, 0.6) is 0 Å². The Kier molecular flexibility index (Phi) is 7.06. The zero-order valence-electron chi connectivity index (χ0n) is 19.5. The number of ether oxygens (including phenoxy) is 1. The van der Waals surface area contributed by atoms with Gasteiger partial charge >= 0.3 is 0 Å². The Bertz CT molecular complexity index is 1170. The zero-order valence-corrected chi connectivity index (χ0v) is 19.5. The average molecular weight is 460 g/mol. The van der Waals surface area contributed by atoms with E-state index in [2.05, 4.69) is 21.5 Å². The number of carbonyl (C=O) groups is 1. The van der Waals surface area contributed by atoms with Crippen LogP contribution in [0, 0.1) is 25.2 Å². The molecule has 3 aromatic rings. The maximum Gasteiger partial charge on any atom is 0.259 e. The number of hydrogen-bond donors (Lipinski definition) is 2. The van der Waals surface area contributed by atoms with E-state index in [-0.39, 0.29) is 18.6 Å². The topological polar surface area (TPSA) is 113 Å². The van der Waals surface area contributed by atoms with Crippen LogP contribution < -0.4 is 5.32 Å². The van der Waals surface area contributed by atoms with E-state index in [0.29, 0.717) is 36.4 Å². The molecule has 176 valence electrons. The molecule has 2 N–H and O–H groups in total. The SMILES string of the molecule is Cc1ccc(-n2ncc(C(=O)Nc3ccc([C@]4(C#N)CC[C@@H](OCCO)CC4)nc3)c2C)cc1. The molecular formula is C26H29N5O3. The van der Waals surface area contributed by atoms with Crippen molar-refractivity contribution in [2.45, 2.75) is 51.0 Å². The van der Waals surface area contributed by atoms with E-state index in [1.54, 1.807) is 23.1 Å². The summed E-state index contributed by atoms with van der Waals surface area (Å²) in [6.07, 6.45) is 6.02. The van der Waals surface area contributed by atoms with E-state index >= 15 is 0 Å². The van der Waals surface area contributed by atoms with Crippen molar-refractivity contribution in [3.8, 4) is 11.8 Å². The summed E-state index contributed by atoms with van der Waals surface area (Å²) in [7, 11) is 0. The van der Waals surface area contributed by atoms with Crippen LogP contribution in [-0.2, 0) is 10.2 Å². The number of aryl methyl sites for hydroxylation is 1. The highest BCUT2D eigenvalue weighted by Crippen LogP contribution is 2.39. The molecule has 1 aromatic carbocycles. The van der Waals surface area contributed by atoms with Crippen molar-refractivity contribution in [1.82, 2.24) is 14.8 Å². The summed E-state index contributed by atoms with van der Waals surface area (Å²) in [5.41, 5.74) is 3.89. The maximum absolute atomic E-state index is 12.9. The predicted octanol–water partition coefficient (Wildman–Crippen LogP) is 3.85. The van der Waals surface area contributed by atoms with E-state index in [4.69, 9.17) is 9.84 Å². The third-order valence-electron chi connectivity index (χ3n) is 6.49. The van der Waals surface area contributed by atoms with Gasteiger partial charge in [-0.1, -0.05) is 17.7 Å². The number of pyridine rings is 1. The molecule has 0 spiro atoms. The molecule has 4 rings (SSSR count). The first kappa shape index (κ1) is 23.6. The lowest BCUT2D eigenvalue weighted by atomic mass is 9.72. The van der Waals surface area contributed by atoms with Crippen LogP contribution in [0.4, 0.5) is 5.69 Å². The second kappa shape index (κ2) is 10.2. The highest BCUT2D eigenvalue weighted by Gasteiger charge is 2.38. The molecule has 0 bridgehead atoms. The Hall–Kier alpha value is -3.54.